The highest BCUT2D eigenvalue weighted by molar-refractivity contribution is 5.82. The van der Waals surface area contributed by atoms with E-state index in [1.165, 1.54) is 24.3 Å². The van der Waals surface area contributed by atoms with E-state index in [9.17, 15) is 22.4 Å². The van der Waals surface area contributed by atoms with E-state index in [-0.39, 0.29) is 41.2 Å². The topological polar surface area (TPSA) is 56.4 Å². The summed E-state index contributed by atoms with van der Waals surface area (Å²) in [5.74, 6) is -0.160. The Bertz CT molecular complexity index is 1050. The second kappa shape index (κ2) is 9.52. The van der Waals surface area contributed by atoms with Crippen molar-refractivity contribution in [3.63, 3.8) is 0 Å². The molecule has 2 aliphatic heterocycles. The monoisotopic (exact) mass is 490 g/mol. The van der Waals surface area contributed by atoms with E-state index < -0.39 is 11.7 Å². The fourth-order valence-electron chi connectivity index (χ4n) is 5.77. The first-order valence-electron chi connectivity index (χ1n) is 12.1. The quantitative estimate of drug-likeness (QED) is 0.536. The molecule has 3 atom stereocenters. The lowest BCUT2D eigenvalue weighted by atomic mass is 9.88. The lowest BCUT2D eigenvalue weighted by Gasteiger charge is -2.35. The number of carbonyl (C=O) groups is 1. The zero-order valence-electron chi connectivity index (χ0n) is 19.4. The van der Waals surface area contributed by atoms with Gasteiger partial charge in [0.15, 0.2) is 0 Å². The van der Waals surface area contributed by atoms with Crippen molar-refractivity contribution in [2.24, 2.45) is 17.3 Å². The molecule has 9 heteroatoms. The molecule has 3 N–H and O–H groups in total. The number of hydrazine groups is 1. The Morgan fingerprint density at radius 1 is 1.09 bits per heavy atom. The molecule has 2 aromatic rings. The van der Waals surface area contributed by atoms with Crippen LogP contribution < -0.4 is 16.2 Å². The molecular weight excluding hydrogens is 460 g/mol. The average molecular weight is 491 g/mol. The molecular formula is C26H30F4N4O. The molecule has 1 saturated carbocycles. The lowest BCUT2D eigenvalue weighted by Crippen LogP contribution is -2.40. The molecule has 5 rings (SSSR count). The van der Waals surface area contributed by atoms with E-state index in [1.54, 1.807) is 6.07 Å². The van der Waals surface area contributed by atoms with Gasteiger partial charge >= 0.3 is 6.18 Å². The zero-order chi connectivity index (χ0) is 24.6. The predicted octanol–water partition coefficient (Wildman–Crippen LogP) is 4.03. The smallest absolute Gasteiger partial charge is 0.352 e. The molecule has 1 amide bonds. The van der Waals surface area contributed by atoms with Gasteiger partial charge in [0.05, 0.1) is 11.6 Å². The second-order valence-corrected chi connectivity index (χ2v) is 10.1. The fraction of sp³-hybridized carbons (Fsp3) is 0.500. The molecule has 0 bridgehead atoms. The summed E-state index contributed by atoms with van der Waals surface area (Å²) >= 11 is 0. The summed E-state index contributed by atoms with van der Waals surface area (Å²) in [5, 5.41) is 2.75. The highest BCUT2D eigenvalue weighted by Crippen LogP contribution is 2.59. The van der Waals surface area contributed by atoms with Gasteiger partial charge in [-0.25, -0.2) is 9.82 Å². The maximum absolute atomic E-state index is 13.3. The van der Waals surface area contributed by atoms with Crippen LogP contribution in [0.25, 0.3) is 0 Å². The van der Waals surface area contributed by atoms with Gasteiger partial charge in [-0.2, -0.15) is 13.2 Å². The summed E-state index contributed by atoms with van der Waals surface area (Å²) < 4.78 is 52.9. The number of hydrogen-bond donors (Lipinski definition) is 3. The van der Waals surface area contributed by atoms with Crippen LogP contribution in [0.2, 0.25) is 0 Å². The van der Waals surface area contributed by atoms with Crippen molar-refractivity contribution >= 4 is 5.91 Å². The Morgan fingerprint density at radius 2 is 1.80 bits per heavy atom. The number of nitrogens with zero attached hydrogens (tertiary/aromatic N) is 1. The van der Waals surface area contributed by atoms with Crippen LogP contribution in [0.15, 0.2) is 48.5 Å². The second-order valence-electron chi connectivity index (χ2n) is 10.1. The van der Waals surface area contributed by atoms with Crippen LogP contribution in [-0.2, 0) is 17.5 Å². The number of alkyl halides is 3. The average Bonchev–Trinajstić information content (AvgIpc) is 3.34. The standard InChI is InChI=1S/C26H30F4N4O/c27-20-7-5-17(6-8-20)23-19(15-32-33-23)16-34-11-9-25(10-12-34)13-22(25)24(35)31-14-18-3-1-2-4-21(18)26(28,29)30/h1-8,19,22-23,32-33H,9-16H2,(H,31,35). The van der Waals surface area contributed by atoms with E-state index in [4.69, 9.17) is 0 Å². The Hall–Kier alpha value is -2.49. The van der Waals surface area contributed by atoms with E-state index in [1.807, 2.05) is 12.1 Å². The first-order valence-corrected chi connectivity index (χ1v) is 12.1. The van der Waals surface area contributed by atoms with Crippen molar-refractivity contribution in [1.82, 2.24) is 21.1 Å². The molecule has 35 heavy (non-hydrogen) atoms. The third-order valence-corrected chi connectivity index (χ3v) is 7.95. The number of halogens is 4. The third kappa shape index (κ3) is 5.22. The zero-order valence-corrected chi connectivity index (χ0v) is 19.4. The number of piperidine rings is 1. The molecule has 3 aliphatic rings. The van der Waals surface area contributed by atoms with Crippen molar-refractivity contribution in [3.05, 3.63) is 71.0 Å². The van der Waals surface area contributed by atoms with E-state index in [0.717, 1.165) is 57.1 Å². The Morgan fingerprint density at radius 3 is 2.51 bits per heavy atom. The first kappa shape index (κ1) is 24.2. The molecule has 188 valence electrons. The SMILES string of the molecule is O=C(NCc1ccccc1C(F)(F)F)C1CC12CCN(CC1CNNC1c1ccc(F)cc1)CC2. The summed E-state index contributed by atoms with van der Waals surface area (Å²) in [6.07, 6.45) is -1.80. The number of nitrogens with one attached hydrogen (secondary N) is 3. The minimum Gasteiger partial charge on any atom is -0.352 e. The van der Waals surface area contributed by atoms with Crippen LogP contribution >= 0.6 is 0 Å². The number of amides is 1. The number of hydrogen-bond acceptors (Lipinski definition) is 4. The lowest BCUT2D eigenvalue weighted by molar-refractivity contribution is -0.138. The Labute approximate surface area is 202 Å². The predicted molar refractivity (Wildman–Crippen MR) is 123 cm³/mol. The molecule has 0 radical (unpaired) electrons. The molecule has 1 spiro atoms. The fourth-order valence-corrected chi connectivity index (χ4v) is 5.77. The van der Waals surface area contributed by atoms with E-state index in [0.29, 0.717) is 5.92 Å². The molecule has 5 nitrogen and oxygen atoms in total. The molecule has 1 aliphatic carbocycles. The summed E-state index contributed by atoms with van der Waals surface area (Å²) in [5.41, 5.74) is 6.95. The van der Waals surface area contributed by atoms with Crippen LogP contribution in [0, 0.1) is 23.1 Å². The Balaban J connectivity index is 1.11. The minimum absolute atomic E-state index is 0.0212. The van der Waals surface area contributed by atoms with Crippen LogP contribution in [0.5, 0.6) is 0 Å². The van der Waals surface area contributed by atoms with Crippen LogP contribution in [-0.4, -0.2) is 37.0 Å². The molecule has 2 aromatic carbocycles. The summed E-state index contributed by atoms with van der Waals surface area (Å²) in [6, 6.07) is 12.1. The summed E-state index contributed by atoms with van der Waals surface area (Å²) in [7, 11) is 0. The van der Waals surface area contributed by atoms with Crippen molar-refractivity contribution < 1.29 is 22.4 Å². The maximum atomic E-state index is 13.3. The van der Waals surface area contributed by atoms with Crippen molar-refractivity contribution in [1.29, 1.82) is 0 Å². The number of carbonyl (C=O) groups excluding carboxylic acids is 1. The molecule has 2 saturated heterocycles. The maximum Gasteiger partial charge on any atom is 0.416 e. The molecule has 3 unspecified atom stereocenters. The highest BCUT2D eigenvalue weighted by Gasteiger charge is 2.58. The highest BCUT2D eigenvalue weighted by atomic mass is 19.4. The van der Waals surface area contributed by atoms with Gasteiger partial charge in [0, 0.05) is 31.5 Å². The van der Waals surface area contributed by atoms with Crippen LogP contribution in [0.3, 0.4) is 0 Å². The van der Waals surface area contributed by atoms with Gasteiger partial charge in [0.2, 0.25) is 5.91 Å². The van der Waals surface area contributed by atoms with Gasteiger partial charge in [-0.1, -0.05) is 30.3 Å². The third-order valence-electron chi connectivity index (χ3n) is 7.95. The van der Waals surface area contributed by atoms with Crippen LogP contribution in [0.4, 0.5) is 17.6 Å². The summed E-state index contributed by atoms with van der Waals surface area (Å²) in [6.45, 7) is 3.41. The van der Waals surface area contributed by atoms with E-state index >= 15 is 0 Å². The van der Waals surface area contributed by atoms with Crippen molar-refractivity contribution in [3.8, 4) is 0 Å². The van der Waals surface area contributed by atoms with Crippen molar-refractivity contribution in [2.75, 3.05) is 26.2 Å². The van der Waals surface area contributed by atoms with E-state index in [2.05, 4.69) is 21.1 Å². The van der Waals surface area contributed by atoms with Gasteiger partial charge in [-0.3, -0.25) is 10.2 Å². The molecule has 0 aromatic heterocycles. The Kier molecular flexibility index (Phi) is 6.59. The van der Waals surface area contributed by atoms with Gasteiger partial charge in [0.1, 0.15) is 5.82 Å². The summed E-state index contributed by atoms with van der Waals surface area (Å²) in [4.78, 5) is 15.2. The largest absolute Gasteiger partial charge is 0.416 e. The van der Waals surface area contributed by atoms with Gasteiger partial charge in [-0.05, 0) is 67.1 Å². The van der Waals surface area contributed by atoms with Crippen molar-refractivity contribution in [2.45, 2.75) is 38.0 Å². The first-order chi connectivity index (χ1) is 16.7. The number of likely N-dealkylation sites (tertiary alicyclic amines) is 1. The van der Waals surface area contributed by atoms with Gasteiger partial charge in [-0.15, -0.1) is 0 Å². The minimum atomic E-state index is -4.44. The molecule has 3 fully saturated rings. The van der Waals surface area contributed by atoms with Gasteiger partial charge < -0.3 is 10.2 Å². The normalized spacial score (nSPS) is 26.1. The molecule has 2 heterocycles. The van der Waals surface area contributed by atoms with Crippen LogP contribution in [0.1, 0.15) is 42.0 Å². The number of benzene rings is 2. The van der Waals surface area contributed by atoms with Gasteiger partial charge in [0.25, 0.3) is 0 Å². The number of rotatable bonds is 6.